The van der Waals surface area contributed by atoms with Gasteiger partial charge in [0, 0.05) is 16.1 Å². The smallest absolute Gasteiger partial charge is 0.255 e. The predicted molar refractivity (Wildman–Crippen MR) is 92.8 cm³/mol. The summed E-state index contributed by atoms with van der Waals surface area (Å²) in [7, 11) is 0. The molecule has 5 heteroatoms. The van der Waals surface area contributed by atoms with E-state index in [0.29, 0.717) is 10.6 Å². The van der Waals surface area contributed by atoms with Crippen LogP contribution in [0.5, 0.6) is 0 Å². The molecule has 0 aliphatic rings. The van der Waals surface area contributed by atoms with Gasteiger partial charge in [-0.25, -0.2) is 0 Å². The second kappa shape index (κ2) is 6.67. The molecule has 1 aromatic heterocycles. The van der Waals surface area contributed by atoms with E-state index < -0.39 is 0 Å². The van der Waals surface area contributed by atoms with Crippen molar-refractivity contribution in [2.45, 2.75) is 13.3 Å². The fourth-order valence-electron chi connectivity index (χ4n) is 2.36. The third-order valence-corrected chi connectivity index (χ3v) is 3.84. The SMILES string of the molecule is CCc1[nH]nc(-c2ccccc2)c1NC(=O)c1ccc(Cl)cc1. The largest absolute Gasteiger partial charge is 0.319 e. The summed E-state index contributed by atoms with van der Waals surface area (Å²) in [6, 6.07) is 16.6. The molecule has 0 spiro atoms. The molecule has 0 saturated carbocycles. The van der Waals surface area contributed by atoms with E-state index in [9.17, 15) is 4.79 Å². The van der Waals surface area contributed by atoms with Gasteiger partial charge in [-0.15, -0.1) is 0 Å². The van der Waals surface area contributed by atoms with Crippen LogP contribution >= 0.6 is 11.6 Å². The van der Waals surface area contributed by atoms with Gasteiger partial charge in [-0.05, 0) is 30.7 Å². The van der Waals surface area contributed by atoms with Gasteiger partial charge in [0.2, 0.25) is 0 Å². The maximum absolute atomic E-state index is 12.5. The zero-order valence-electron chi connectivity index (χ0n) is 12.6. The van der Waals surface area contributed by atoms with Gasteiger partial charge in [0.05, 0.1) is 11.4 Å². The number of hydrogen-bond donors (Lipinski definition) is 2. The number of H-pyrrole nitrogens is 1. The zero-order valence-corrected chi connectivity index (χ0v) is 13.4. The van der Waals surface area contributed by atoms with Crippen LogP contribution in [0.15, 0.2) is 54.6 Å². The van der Waals surface area contributed by atoms with Crippen LogP contribution in [0.4, 0.5) is 5.69 Å². The van der Waals surface area contributed by atoms with Crippen molar-refractivity contribution >= 4 is 23.2 Å². The lowest BCUT2D eigenvalue weighted by atomic mass is 10.1. The summed E-state index contributed by atoms with van der Waals surface area (Å²) in [4.78, 5) is 12.5. The Bertz CT molecular complexity index is 810. The molecule has 0 radical (unpaired) electrons. The maximum Gasteiger partial charge on any atom is 0.255 e. The van der Waals surface area contributed by atoms with Gasteiger partial charge in [0.25, 0.3) is 5.91 Å². The van der Waals surface area contributed by atoms with Crippen molar-refractivity contribution in [1.29, 1.82) is 0 Å². The number of amides is 1. The third kappa shape index (κ3) is 3.27. The molecular weight excluding hydrogens is 310 g/mol. The highest BCUT2D eigenvalue weighted by Crippen LogP contribution is 2.29. The monoisotopic (exact) mass is 325 g/mol. The van der Waals surface area contributed by atoms with Gasteiger partial charge >= 0.3 is 0 Å². The average Bonchev–Trinajstić information content (AvgIpc) is 2.99. The Morgan fingerprint density at radius 3 is 2.48 bits per heavy atom. The summed E-state index contributed by atoms with van der Waals surface area (Å²) in [6.45, 7) is 2.01. The van der Waals surface area contributed by atoms with E-state index in [1.807, 2.05) is 37.3 Å². The highest BCUT2D eigenvalue weighted by atomic mass is 35.5. The van der Waals surface area contributed by atoms with E-state index in [1.54, 1.807) is 24.3 Å². The summed E-state index contributed by atoms with van der Waals surface area (Å²) in [5.41, 5.74) is 3.86. The number of anilines is 1. The molecule has 0 unspecified atom stereocenters. The van der Waals surface area contributed by atoms with Crippen molar-refractivity contribution in [3.8, 4) is 11.3 Å². The van der Waals surface area contributed by atoms with Crippen molar-refractivity contribution in [3.05, 3.63) is 70.9 Å². The number of aryl methyl sites for hydroxylation is 1. The molecule has 2 aromatic carbocycles. The molecule has 1 amide bonds. The maximum atomic E-state index is 12.5. The van der Waals surface area contributed by atoms with E-state index in [0.717, 1.165) is 29.1 Å². The summed E-state index contributed by atoms with van der Waals surface area (Å²) >= 11 is 5.87. The van der Waals surface area contributed by atoms with Crippen molar-refractivity contribution in [2.24, 2.45) is 0 Å². The highest BCUT2D eigenvalue weighted by molar-refractivity contribution is 6.30. The lowest BCUT2D eigenvalue weighted by Gasteiger charge is -2.08. The van der Waals surface area contributed by atoms with Gasteiger partial charge in [0.15, 0.2) is 0 Å². The summed E-state index contributed by atoms with van der Waals surface area (Å²) < 4.78 is 0. The van der Waals surface area contributed by atoms with Gasteiger partial charge < -0.3 is 5.32 Å². The van der Waals surface area contributed by atoms with E-state index >= 15 is 0 Å². The number of benzene rings is 2. The average molecular weight is 326 g/mol. The topological polar surface area (TPSA) is 57.8 Å². The van der Waals surface area contributed by atoms with Crippen molar-refractivity contribution in [3.63, 3.8) is 0 Å². The Labute approximate surface area is 139 Å². The molecule has 23 heavy (non-hydrogen) atoms. The first-order chi connectivity index (χ1) is 11.2. The molecule has 2 N–H and O–H groups in total. The van der Waals surface area contributed by atoms with Crippen LogP contribution in [0.2, 0.25) is 5.02 Å². The minimum absolute atomic E-state index is 0.185. The van der Waals surface area contributed by atoms with Crippen LogP contribution in [-0.4, -0.2) is 16.1 Å². The van der Waals surface area contributed by atoms with Crippen molar-refractivity contribution in [2.75, 3.05) is 5.32 Å². The number of halogens is 1. The number of nitrogens with zero attached hydrogens (tertiary/aromatic N) is 1. The van der Waals surface area contributed by atoms with E-state index in [-0.39, 0.29) is 5.91 Å². The number of carbonyl (C=O) groups is 1. The summed E-state index contributed by atoms with van der Waals surface area (Å²) in [6.07, 6.45) is 0.746. The Balaban J connectivity index is 1.94. The third-order valence-electron chi connectivity index (χ3n) is 3.59. The summed E-state index contributed by atoms with van der Waals surface area (Å²) in [5.74, 6) is -0.185. The van der Waals surface area contributed by atoms with E-state index in [4.69, 9.17) is 11.6 Å². The predicted octanol–water partition coefficient (Wildman–Crippen LogP) is 4.54. The first-order valence-corrected chi connectivity index (χ1v) is 7.76. The van der Waals surface area contributed by atoms with Crippen LogP contribution in [0.1, 0.15) is 23.0 Å². The molecule has 0 bridgehead atoms. The van der Waals surface area contributed by atoms with Crippen LogP contribution in [0.25, 0.3) is 11.3 Å². The van der Waals surface area contributed by atoms with Crippen LogP contribution in [-0.2, 0) is 6.42 Å². The van der Waals surface area contributed by atoms with Gasteiger partial charge in [-0.2, -0.15) is 5.10 Å². The molecule has 1 heterocycles. The second-order valence-corrected chi connectivity index (χ2v) is 5.54. The van der Waals surface area contributed by atoms with Crippen LogP contribution in [0.3, 0.4) is 0 Å². The normalized spacial score (nSPS) is 10.5. The molecule has 0 aliphatic heterocycles. The minimum Gasteiger partial charge on any atom is -0.319 e. The Morgan fingerprint density at radius 2 is 1.83 bits per heavy atom. The highest BCUT2D eigenvalue weighted by Gasteiger charge is 2.17. The number of nitrogens with one attached hydrogen (secondary N) is 2. The minimum atomic E-state index is -0.185. The molecule has 4 nitrogen and oxygen atoms in total. The van der Waals surface area contributed by atoms with Gasteiger partial charge in [-0.1, -0.05) is 48.9 Å². The molecule has 0 fully saturated rings. The quantitative estimate of drug-likeness (QED) is 0.739. The zero-order chi connectivity index (χ0) is 16.2. The Kier molecular flexibility index (Phi) is 4.44. The number of carbonyl (C=O) groups excluding carboxylic acids is 1. The van der Waals surface area contributed by atoms with E-state index in [2.05, 4.69) is 15.5 Å². The van der Waals surface area contributed by atoms with Crippen LogP contribution in [0, 0.1) is 0 Å². The first kappa shape index (κ1) is 15.3. The molecule has 0 saturated heterocycles. The molecule has 116 valence electrons. The number of rotatable bonds is 4. The molecular formula is C18H16ClN3O. The molecule has 0 aliphatic carbocycles. The fraction of sp³-hybridized carbons (Fsp3) is 0.111. The Morgan fingerprint density at radius 1 is 1.13 bits per heavy atom. The lowest BCUT2D eigenvalue weighted by Crippen LogP contribution is -2.13. The Hall–Kier alpha value is -2.59. The molecule has 3 aromatic rings. The summed E-state index contributed by atoms with van der Waals surface area (Å²) in [5, 5.41) is 10.9. The van der Waals surface area contributed by atoms with Crippen molar-refractivity contribution < 1.29 is 4.79 Å². The van der Waals surface area contributed by atoms with Crippen LogP contribution < -0.4 is 5.32 Å². The van der Waals surface area contributed by atoms with Gasteiger partial charge in [-0.3, -0.25) is 9.89 Å². The first-order valence-electron chi connectivity index (χ1n) is 7.38. The fourth-order valence-corrected chi connectivity index (χ4v) is 2.49. The standard InChI is InChI=1S/C18H16ClN3O/c1-2-15-17(16(22-21-15)12-6-4-3-5-7-12)20-18(23)13-8-10-14(19)11-9-13/h3-11H,2H2,1H3,(H,20,23)(H,21,22). The number of aromatic amines is 1. The van der Waals surface area contributed by atoms with Gasteiger partial charge in [0.1, 0.15) is 5.69 Å². The lowest BCUT2D eigenvalue weighted by molar-refractivity contribution is 0.102. The second-order valence-electron chi connectivity index (χ2n) is 5.11. The molecule has 3 rings (SSSR count). The molecule has 0 atom stereocenters. The number of aromatic nitrogens is 2. The number of hydrogen-bond acceptors (Lipinski definition) is 2. The van der Waals surface area contributed by atoms with Crippen molar-refractivity contribution in [1.82, 2.24) is 10.2 Å². The van der Waals surface area contributed by atoms with E-state index in [1.165, 1.54) is 0 Å².